The van der Waals surface area contributed by atoms with E-state index in [1.165, 1.54) is 12.1 Å². The summed E-state index contributed by atoms with van der Waals surface area (Å²) in [5, 5.41) is 21.5. The van der Waals surface area contributed by atoms with Crippen LogP contribution in [0, 0.1) is 6.92 Å². The first-order valence-electron chi connectivity index (χ1n) is 12.8. The van der Waals surface area contributed by atoms with Crippen LogP contribution in [-0.2, 0) is 19.6 Å². The highest BCUT2D eigenvalue weighted by atomic mass is 16.4. The minimum atomic E-state index is -1.05. The van der Waals surface area contributed by atoms with E-state index in [1.807, 2.05) is 0 Å². The number of nitrogen functional groups attached to an aromatic ring is 2. The summed E-state index contributed by atoms with van der Waals surface area (Å²) in [4.78, 5) is 68.5. The number of carbonyl (C=O) groups excluding carboxylic acids is 2. The molecule has 0 aliphatic carbocycles. The Morgan fingerprint density at radius 1 is 0.860 bits per heavy atom. The molecule has 0 bridgehead atoms. The van der Waals surface area contributed by atoms with Crippen molar-refractivity contribution in [1.29, 1.82) is 0 Å². The third-order valence-electron chi connectivity index (χ3n) is 6.63. The molecule has 0 aliphatic rings. The highest BCUT2D eigenvalue weighted by molar-refractivity contribution is 5.98. The molecule has 3 aromatic carbocycles. The van der Waals surface area contributed by atoms with E-state index in [9.17, 15) is 29.1 Å². The van der Waals surface area contributed by atoms with Crippen molar-refractivity contribution in [1.82, 2.24) is 30.2 Å². The van der Waals surface area contributed by atoms with Crippen molar-refractivity contribution >= 4 is 40.9 Å². The Hall–Kier alpha value is -6.12. The summed E-state index contributed by atoms with van der Waals surface area (Å²) >= 11 is 0. The smallest absolute Gasteiger partial charge is 0.335 e. The van der Waals surface area contributed by atoms with Crippen molar-refractivity contribution in [2.24, 2.45) is 0 Å². The summed E-state index contributed by atoms with van der Waals surface area (Å²) in [6.07, 6.45) is 0. The monoisotopic (exact) mass is 583 g/mol. The van der Waals surface area contributed by atoms with Gasteiger partial charge in [-0.2, -0.15) is 9.50 Å². The number of amides is 2. The number of fused-ring (bicyclic) bond motifs is 1. The summed E-state index contributed by atoms with van der Waals surface area (Å²) in [6.45, 7) is 2.09. The lowest BCUT2D eigenvalue weighted by Gasteiger charge is -2.12. The number of aromatic nitrogens is 4. The number of hydrogen-bond donors (Lipinski definition) is 6. The molecule has 0 unspecified atom stereocenters. The fourth-order valence-electron chi connectivity index (χ4n) is 4.41. The van der Waals surface area contributed by atoms with Gasteiger partial charge in [0.15, 0.2) is 0 Å². The fraction of sp³-hybridized carbons (Fsp3) is 0.143. The van der Waals surface area contributed by atoms with E-state index >= 15 is 0 Å². The highest BCUT2D eigenvalue weighted by Crippen LogP contribution is 2.14. The van der Waals surface area contributed by atoms with Crippen LogP contribution in [0.3, 0.4) is 0 Å². The van der Waals surface area contributed by atoms with Gasteiger partial charge in [0.1, 0.15) is 22.8 Å². The SMILES string of the molecule is Cc1cc(CNC(=O)c2cc(C(=O)NCc3cccc(CNc4c(N)c(=O)c4=O)c3)nc3nc(N)nn23)ccc1C(=O)O. The number of carboxylic acids is 1. The molecule has 0 saturated carbocycles. The molecule has 5 rings (SSSR count). The molecule has 0 spiro atoms. The molecule has 2 heterocycles. The molecule has 2 amide bonds. The van der Waals surface area contributed by atoms with Crippen LogP contribution >= 0.6 is 0 Å². The van der Waals surface area contributed by atoms with Gasteiger partial charge < -0.3 is 32.5 Å². The minimum Gasteiger partial charge on any atom is -0.478 e. The summed E-state index contributed by atoms with van der Waals surface area (Å²) in [5.74, 6) is -2.42. The van der Waals surface area contributed by atoms with Crippen LogP contribution in [0.2, 0.25) is 0 Å². The lowest BCUT2D eigenvalue weighted by atomic mass is 10.1. The van der Waals surface area contributed by atoms with Gasteiger partial charge in [-0.05, 0) is 35.2 Å². The van der Waals surface area contributed by atoms with Gasteiger partial charge in [-0.15, -0.1) is 5.10 Å². The molecule has 2 aromatic heterocycles. The average molecular weight is 584 g/mol. The standard InChI is InChI=1S/C28H25N9O6/c1-13-7-16(5-6-17(13)26(42)43)12-33-25(41)19-9-18(34-28-35-27(30)36-37(19)28)24(40)32-11-15-4-2-3-14(8-15)10-31-21-20(29)22(38)23(21)39/h2-9,31H,10-12,29H2,1H3,(H2,30,36)(H,32,40)(H,33,41)(H,42,43). The van der Waals surface area contributed by atoms with Gasteiger partial charge in [0, 0.05) is 25.7 Å². The summed E-state index contributed by atoms with van der Waals surface area (Å²) < 4.78 is 1.12. The summed E-state index contributed by atoms with van der Waals surface area (Å²) in [7, 11) is 0. The maximum absolute atomic E-state index is 13.1. The van der Waals surface area contributed by atoms with Crippen molar-refractivity contribution in [2.75, 3.05) is 16.8 Å². The van der Waals surface area contributed by atoms with E-state index in [4.69, 9.17) is 11.5 Å². The minimum absolute atomic E-state index is 0.0381. The number of aryl methyl sites for hydroxylation is 1. The van der Waals surface area contributed by atoms with Crippen molar-refractivity contribution in [3.63, 3.8) is 0 Å². The molecule has 8 N–H and O–H groups in total. The zero-order chi connectivity index (χ0) is 30.8. The van der Waals surface area contributed by atoms with E-state index in [1.54, 1.807) is 43.3 Å². The Morgan fingerprint density at radius 3 is 2.21 bits per heavy atom. The molecule has 0 radical (unpaired) electrons. The average Bonchev–Trinajstić information content (AvgIpc) is 3.38. The fourth-order valence-corrected chi connectivity index (χ4v) is 4.41. The van der Waals surface area contributed by atoms with E-state index in [0.717, 1.165) is 15.6 Å². The summed E-state index contributed by atoms with van der Waals surface area (Å²) in [5.41, 5.74) is 12.7. The van der Waals surface area contributed by atoms with Crippen molar-refractivity contribution < 1.29 is 19.5 Å². The van der Waals surface area contributed by atoms with Crippen LogP contribution in [0.25, 0.3) is 5.78 Å². The lowest BCUT2D eigenvalue weighted by Crippen LogP contribution is -2.36. The zero-order valence-electron chi connectivity index (χ0n) is 22.7. The number of benzene rings is 2. The number of rotatable bonds is 10. The molecule has 0 saturated heterocycles. The second-order valence-corrected chi connectivity index (χ2v) is 9.65. The molecule has 0 fully saturated rings. The Labute approximate surface area is 242 Å². The highest BCUT2D eigenvalue weighted by Gasteiger charge is 2.20. The largest absolute Gasteiger partial charge is 0.478 e. The number of nitrogens with two attached hydrogens (primary N) is 2. The van der Waals surface area contributed by atoms with Gasteiger partial charge in [-0.25, -0.2) is 9.78 Å². The predicted molar refractivity (Wildman–Crippen MR) is 155 cm³/mol. The second-order valence-electron chi connectivity index (χ2n) is 9.65. The number of carboxylic acid groups (broad SMARTS) is 1. The number of carbonyl (C=O) groups is 3. The molecule has 0 atom stereocenters. The van der Waals surface area contributed by atoms with Crippen LogP contribution in [0.15, 0.2) is 58.1 Å². The van der Waals surface area contributed by atoms with Gasteiger partial charge in [-0.3, -0.25) is 19.2 Å². The Kier molecular flexibility index (Phi) is 7.53. The maximum atomic E-state index is 13.1. The first-order valence-corrected chi connectivity index (χ1v) is 12.8. The third-order valence-corrected chi connectivity index (χ3v) is 6.63. The molecule has 0 aliphatic heterocycles. The lowest BCUT2D eigenvalue weighted by molar-refractivity contribution is 0.0695. The van der Waals surface area contributed by atoms with Crippen molar-refractivity contribution in [3.8, 4) is 0 Å². The van der Waals surface area contributed by atoms with Crippen LogP contribution < -0.4 is 38.3 Å². The van der Waals surface area contributed by atoms with Gasteiger partial charge in [0.25, 0.3) is 28.4 Å². The maximum Gasteiger partial charge on any atom is 0.335 e. The number of nitrogens with one attached hydrogen (secondary N) is 3. The molecule has 5 aromatic rings. The Bertz CT molecular complexity index is 1990. The van der Waals surface area contributed by atoms with Crippen molar-refractivity contribution in [3.05, 3.63) is 108 Å². The summed E-state index contributed by atoms with van der Waals surface area (Å²) in [6, 6.07) is 13.1. The van der Waals surface area contributed by atoms with E-state index < -0.39 is 28.6 Å². The van der Waals surface area contributed by atoms with Crippen LogP contribution in [0.1, 0.15) is 53.6 Å². The van der Waals surface area contributed by atoms with Gasteiger partial charge in [-0.1, -0.05) is 36.4 Å². The first-order chi connectivity index (χ1) is 20.5. The number of aromatic carboxylic acids is 1. The Balaban J connectivity index is 1.27. The number of nitrogens with zero attached hydrogens (tertiary/aromatic N) is 4. The molecule has 15 heteroatoms. The number of hydrogen-bond acceptors (Lipinski definition) is 11. The van der Waals surface area contributed by atoms with Gasteiger partial charge in [0.2, 0.25) is 5.95 Å². The molecule has 43 heavy (non-hydrogen) atoms. The van der Waals surface area contributed by atoms with E-state index in [2.05, 4.69) is 31.0 Å². The van der Waals surface area contributed by atoms with Crippen LogP contribution in [-0.4, -0.2) is 42.5 Å². The molecule has 218 valence electrons. The van der Waals surface area contributed by atoms with E-state index in [-0.39, 0.29) is 59.7 Å². The van der Waals surface area contributed by atoms with Gasteiger partial charge in [0.05, 0.1) is 5.56 Å². The number of anilines is 3. The van der Waals surface area contributed by atoms with Crippen LogP contribution in [0.4, 0.5) is 17.3 Å². The predicted octanol–water partition coefficient (Wildman–Crippen LogP) is 0.363. The molecular weight excluding hydrogens is 558 g/mol. The molecule has 15 nitrogen and oxygen atoms in total. The van der Waals surface area contributed by atoms with E-state index in [0.29, 0.717) is 11.1 Å². The normalized spacial score (nSPS) is 11.0. The Morgan fingerprint density at radius 2 is 1.53 bits per heavy atom. The van der Waals surface area contributed by atoms with Crippen molar-refractivity contribution in [2.45, 2.75) is 26.6 Å². The third kappa shape index (κ3) is 5.85. The molecular formula is C28H25N9O6. The zero-order valence-corrected chi connectivity index (χ0v) is 22.7. The second kappa shape index (κ2) is 11.4. The topological polar surface area (TPSA) is 237 Å². The van der Waals surface area contributed by atoms with Crippen LogP contribution in [0.5, 0.6) is 0 Å². The van der Waals surface area contributed by atoms with Gasteiger partial charge >= 0.3 is 5.97 Å². The first kappa shape index (κ1) is 28.4. The quantitative estimate of drug-likeness (QED) is 0.122.